The van der Waals surface area contributed by atoms with Crippen molar-refractivity contribution in [2.45, 2.75) is 77.7 Å². The van der Waals surface area contributed by atoms with Gasteiger partial charge in [-0.2, -0.15) is 0 Å². The maximum atomic E-state index is 17.4. The molecule has 0 aromatic carbocycles. The zero-order chi connectivity index (χ0) is 28.1. The first-order chi connectivity index (χ1) is 17.8. The topological polar surface area (TPSA) is 125 Å². The standard InChI is InChI=1S/C28H37FO9/c1-6-35-23(33)37-15-22(32)28(38-24(34)36-7-2)16(3)12-20-19-9-8-17-13-18(30)10-11-25(17,4)27(19,29)21(31)14-26(20,28)5/h10-11,13,16,19-21,31H,6-9,12,14-15H2,1-5H3/t16-,19+,20+,21+,25+,26+,27+,28+/m1/s1. The number of hydrogen-bond donors (Lipinski definition) is 1. The molecule has 210 valence electrons. The minimum Gasteiger partial charge on any atom is -0.435 e. The molecule has 0 aliphatic heterocycles. The lowest BCUT2D eigenvalue weighted by molar-refractivity contribution is -0.222. The van der Waals surface area contributed by atoms with Crippen molar-refractivity contribution in [3.63, 3.8) is 0 Å². The molecule has 4 aliphatic carbocycles. The SMILES string of the molecule is CCOC(=O)OCC(=O)[C@@]1(OC(=O)OCC)[C@H](C)C[C@H]2[C@@H]3CCC4=CC(=O)C=C[C@]4(C)[C@@]3(F)[C@@H](O)C[C@@]21C. The fraction of sp³-hybridized carbons (Fsp3) is 0.714. The quantitative estimate of drug-likeness (QED) is 0.496. The van der Waals surface area contributed by atoms with Crippen molar-refractivity contribution in [2.24, 2.45) is 28.6 Å². The average Bonchev–Trinajstić information content (AvgIpc) is 3.06. The number of carbonyl (C=O) groups excluding carboxylic acids is 4. The van der Waals surface area contributed by atoms with Gasteiger partial charge in [-0.3, -0.25) is 9.59 Å². The van der Waals surface area contributed by atoms with Gasteiger partial charge in [0, 0.05) is 22.7 Å². The highest BCUT2D eigenvalue weighted by Gasteiger charge is 2.77. The fourth-order valence-electron chi connectivity index (χ4n) is 8.07. The van der Waals surface area contributed by atoms with Crippen LogP contribution in [0.15, 0.2) is 23.8 Å². The molecule has 4 aliphatic rings. The highest BCUT2D eigenvalue weighted by atomic mass is 19.1. The Balaban J connectivity index is 1.77. The van der Waals surface area contributed by atoms with Crippen LogP contribution in [-0.4, -0.2) is 66.2 Å². The van der Waals surface area contributed by atoms with Gasteiger partial charge in [0.05, 0.1) is 19.3 Å². The Morgan fingerprint density at radius 2 is 1.74 bits per heavy atom. The third-order valence-corrected chi connectivity index (χ3v) is 9.69. The minimum atomic E-state index is -2.11. The van der Waals surface area contributed by atoms with E-state index < -0.39 is 70.7 Å². The van der Waals surface area contributed by atoms with Gasteiger partial charge in [0.1, 0.15) is 0 Å². The second kappa shape index (κ2) is 9.77. The zero-order valence-electron chi connectivity index (χ0n) is 22.6. The molecule has 0 bridgehead atoms. The van der Waals surface area contributed by atoms with E-state index in [1.807, 2.05) is 0 Å². The van der Waals surface area contributed by atoms with Gasteiger partial charge in [0.25, 0.3) is 0 Å². The molecule has 10 heteroatoms. The number of aliphatic hydroxyl groups excluding tert-OH is 1. The molecule has 0 heterocycles. The first kappa shape index (κ1) is 28.3. The van der Waals surface area contributed by atoms with Crippen molar-refractivity contribution in [1.82, 2.24) is 0 Å². The van der Waals surface area contributed by atoms with E-state index in [2.05, 4.69) is 0 Å². The van der Waals surface area contributed by atoms with Crippen LogP contribution in [0.1, 0.15) is 60.3 Å². The summed E-state index contributed by atoms with van der Waals surface area (Å²) in [5.74, 6) is -2.64. The van der Waals surface area contributed by atoms with E-state index >= 15 is 4.39 Å². The van der Waals surface area contributed by atoms with Crippen molar-refractivity contribution in [1.29, 1.82) is 0 Å². The summed E-state index contributed by atoms with van der Waals surface area (Å²) in [6, 6.07) is 0. The van der Waals surface area contributed by atoms with Gasteiger partial charge >= 0.3 is 12.3 Å². The fourth-order valence-corrected chi connectivity index (χ4v) is 8.07. The maximum Gasteiger partial charge on any atom is 0.509 e. The minimum absolute atomic E-state index is 0.00825. The van der Waals surface area contributed by atoms with Crippen molar-refractivity contribution in [2.75, 3.05) is 19.8 Å². The molecule has 1 N–H and O–H groups in total. The molecule has 0 unspecified atom stereocenters. The Morgan fingerprint density at radius 3 is 2.39 bits per heavy atom. The second-order valence-electron chi connectivity index (χ2n) is 11.3. The van der Waals surface area contributed by atoms with E-state index in [9.17, 15) is 24.3 Å². The van der Waals surface area contributed by atoms with Crippen molar-refractivity contribution < 1.29 is 47.6 Å². The summed E-state index contributed by atoms with van der Waals surface area (Å²) >= 11 is 0. The Labute approximate surface area is 221 Å². The third-order valence-electron chi connectivity index (χ3n) is 9.69. The molecule has 8 atom stereocenters. The van der Waals surface area contributed by atoms with Gasteiger partial charge in [-0.05, 0) is 64.5 Å². The summed E-state index contributed by atoms with van der Waals surface area (Å²) in [6.45, 7) is 7.71. The summed E-state index contributed by atoms with van der Waals surface area (Å²) < 4.78 is 38.1. The van der Waals surface area contributed by atoms with Crippen molar-refractivity contribution in [3.05, 3.63) is 23.8 Å². The van der Waals surface area contributed by atoms with Gasteiger partial charge in [-0.15, -0.1) is 0 Å². The molecule has 38 heavy (non-hydrogen) atoms. The number of hydrogen-bond acceptors (Lipinski definition) is 9. The number of alkyl halides is 1. The van der Waals surface area contributed by atoms with E-state index in [4.69, 9.17) is 18.9 Å². The molecule has 4 rings (SSSR count). The first-order valence-electron chi connectivity index (χ1n) is 13.3. The molecule has 0 spiro atoms. The highest BCUT2D eigenvalue weighted by Crippen LogP contribution is 2.71. The molecule has 0 saturated heterocycles. The lowest BCUT2D eigenvalue weighted by Gasteiger charge is -2.62. The van der Waals surface area contributed by atoms with Crippen LogP contribution in [0.3, 0.4) is 0 Å². The van der Waals surface area contributed by atoms with Crippen molar-refractivity contribution >= 4 is 23.9 Å². The molecule has 0 aromatic heterocycles. The first-order valence-corrected chi connectivity index (χ1v) is 13.3. The number of rotatable bonds is 6. The summed E-state index contributed by atoms with van der Waals surface area (Å²) in [7, 11) is 0. The lowest BCUT2D eigenvalue weighted by atomic mass is 9.44. The summed E-state index contributed by atoms with van der Waals surface area (Å²) in [6.07, 6.45) is 1.68. The third kappa shape index (κ3) is 3.81. The summed E-state index contributed by atoms with van der Waals surface area (Å²) in [5.41, 5.74) is -5.69. The van der Waals surface area contributed by atoms with Crippen LogP contribution >= 0.6 is 0 Å². The van der Waals surface area contributed by atoms with Crippen LogP contribution in [0, 0.1) is 28.6 Å². The molecular weight excluding hydrogens is 499 g/mol. The van der Waals surface area contributed by atoms with Gasteiger partial charge in [0.15, 0.2) is 23.7 Å². The highest BCUT2D eigenvalue weighted by molar-refractivity contribution is 6.01. The number of halogens is 1. The number of aliphatic hydroxyl groups is 1. The Hall–Kier alpha value is -2.75. The zero-order valence-corrected chi connectivity index (χ0v) is 22.6. The van der Waals surface area contributed by atoms with E-state index in [1.54, 1.807) is 40.7 Å². The average molecular weight is 537 g/mol. The van der Waals surface area contributed by atoms with Gasteiger partial charge in [0.2, 0.25) is 5.78 Å². The van der Waals surface area contributed by atoms with Crippen LogP contribution in [0.25, 0.3) is 0 Å². The largest absolute Gasteiger partial charge is 0.509 e. The molecule has 3 saturated carbocycles. The number of allylic oxidation sites excluding steroid dienone is 4. The van der Waals surface area contributed by atoms with E-state index in [0.29, 0.717) is 24.8 Å². The number of ether oxygens (including phenoxy) is 4. The lowest BCUT2D eigenvalue weighted by Crippen LogP contribution is -2.70. The molecular formula is C28H37FO9. The van der Waals surface area contributed by atoms with Crippen LogP contribution in [0.5, 0.6) is 0 Å². The maximum absolute atomic E-state index is 17.4. The number of Topliss-reactive ketones (excluding diaryl/α,β-unsaturated/α-hetero) is 1. The molecule has 9 nitrogen and oxygen atoms in total. The smallest absolute Gasteiger partial charge is 0.435 e. The summed E-state index contributed by atoms with van der Waals surface area (Å²) in [4.78, 5) is 50.5. The van der Waals surface area contributed by atoms with Gasteiger partial charge in [-0.1, -0.05) is 25.5 Å². The number of ketones is 2. The van der Waals surface area contributed by atoms with Crippen LogP contribution in [-0.2, 0) is 28.5 Å². The van der Waals surface area contributed by atoms with Gasteiger partial charge in [-0.25, -0.2) is 14.0 Å². The second-order valence-corrected chi connectivity index (χ2v) is 11.3. The molecule has 0 radical (unpaired) electrons. The van der Waals surface area contributed by atoms with Gasteiger partial charge < -0.3 is 24.1 Å². The number of fused-ring (bicyclic) bond motifs is 5. The van der Waals surface area contributed by atoms with E-state index in [-0.39, 0.29) is 25.4 Å². The molecule has 0 aromatic rings. The van der Waals surface area contributed by atoms with E-state index in [0.717, 1.165) is 0 Å². The predicted octanol–water partition coefficient (Wildman–Crippen LogP) is 4.26. The molecule has 3 fully saturated rings. The predicted molar refractivity (Wildman–Crippen MR) is 132 cm³/mol. The summed E-state index contributed by atoms with van der Waals surface area (Å²) in [5, 5.41) is 11.6. The van der Waals surface area contributed by atoms with Crippen LogP contribution in [0.2, 0.25) is 0 Å². The monoisotopic (exact) mass is 536 g/mol. The Morgan fingerprint density at radius 1 is 1.08 bits per heavy atom. The number of carbonyl (C=O) groups is 4. The Bertz CT molecular complexity index is 1080. The van der Waals surface area contributed by atoms with Crippen molar-refractivity contribution in [3.8, 4) is 0 Å². The van der Waals surface area contributed by atoms with Crippen LogP contribution in [0.4, 0.5) is 14.0 Å². The molecule has 0 amide bonds. The van der Waals surface area contributed by atoms with E-state index in [1.165, 1.54) is 12.2 Å². The Kier molecular flexibility index (Phi) is 7.27. The normalized spacial score (nSPS) is 41.2. The van der Waals surface area contributed by atoms with Crippen LogP contribution < -0.4 is 0 Å².